The lowest BCUT2D eigenvalue weighted by molar-refractivity contribution is 0.0352. The molecule has 0 spiro atoms. The van der Waals surface area contributed by atoms with Gasteiger partial charge in [-0.25, -0.2) is 0 Å². The van der Waals surface area contributed by atoms with Crippen molar-refractivity contribution in [2.45, 2.75) is 52.1 Å². The lowest BCUT2D eigenvalue weighted by Crippen LogP contribution is -2.54. The number of amides is 1. The van der Waals surface area contributed by atoms with Crippen molar-refractivity contribution in [2.24, 2.45) is 11.3 Å². The maximum absolute atomic E-state index is 11.7. The van der Waals surface area contributed by atoms with Crippen LogP contribution in [0.3, 0.4) is 0 Å². The summed E-state index contributed by atoms with van der Waals surface area (Å²) in [7, 11) is 1.64. The van der Waals surface area contributed by atoms with E-state index in [0.717, 1.165) is 18.4 Å². The summed E-state index contributed by atoms with van der Waals surface area (Å²) in [5.41, 5.74) is 1.73. The molecule has 4 heteroatoms. The zero-order chi connectivity index (χ0) is 17.1. The molecule has 1 aliphatic rings. The SMILES string of the molecule is CNC(=O)c1cccc(CNC2(CO)CC(C)CC(C)(C)C2)c1. The molecule has 0 radical (unpaired) electrons. The third kappa shape index (κ3) is 4.55. The van der Waals surface area contributed by atoms with Crippen molar-refractivity contribution < 1.29 is 9.90 Å². The molecule has 4 nitrogen and oxygen atoms in total. The van der Waals surface area contributed by atoms with E-state index < -0.39 is 0 Å². The summed E-state index contributed by atoms with van der Waals surface area (Å²) < 4.78 is 0. The highest BCUT2D eigenvalue weighted by atomic mass is 16.3. The van der Waals surface area contributed by atoms with Gasteiger partial charge in [0.05, 0.1) is 6.61 Å². The number of carbonyl (C=O) groups is 1. The van der Waals surface area contributed by atoms with E-state index in [0.29, 0.717) is 18.0 Å². The molecule has 1 aromatic carbocycles. The first-order valence-corrected chi connectivity index (χ1v) is 8.46. The molecule has 128 valence electrons. The Hall–Kier alpha value is -1.39. The van der Waals surface area contributed by atoms with Crippen molar-refractivity contribution in [3.63, 3.8) is 0 Å². The smallest absolute Gasteiger partial charge is 0.251 e. The summed E-state index contributed by atoms with van der Waals surface area (Å²) in [5.74, 6) is 0.520. The second-order valence-electron chi connectivity index (χ2n) is 7.93. The summed E-state index contributed by atoms with van der Waals surface area (Å²) in [4.78, 5) is 11.7. The van der Waals surface area contributed by atoms with Crippen LogP contribution in [-0.2, 0) is 6.54 Å². The standard InChI is InChI=1S/C19H30N2O2/c1-14-9-18(2,3)12-19(10-14,13-22)21-11-15-6-5-7-16(8-15)17(23)20-4/h5-8,14,21-22H,9-13H2,1-4H3,(H,20,23). The molecule has 1 amide bonds. The number of aliphatic hydroxyl groups excluding tert-OH is 1. The first-order chi connectivity index (χ1) is 10.8. The van der Waals surface area contributed by atoms with Gasteiger partial charge in [0.1, 0.15) is 0 Å². The highest BCUT2D eigenvalue weighted by molar-refractivity contribution is 5.94. The van der Waals surface area contributed by atoms with Crippen molar-refractivity contribution in [3.05, 3.63) is 35.4 Å². The van der Waals surface area contributed by atoms with E-state index in [9.17, 15) is 9.90 Å². The van der Waals surface area contributed by atoms with E-state index in [-0.39, 0.29) is 23.5 Å². The molecule has 0 bridgehead atoms. The fraction of sp³-hybridized carbons (Fsp3) is 0.632. The second-order valence-corrected chi connectivity index (χ2v) is 7.93. The minimum absolute atomic E-state index is 0.0730. The zero-order valence-electron chi connectivity index (χ0n) is 14.8. The third-order valence-corrected chi connectivity index (χ3v) is 4.84. The zero-order valence-corrected chi connectivity index (χ0v) is 14.8. The number of hydrogen-bond acceptors (Lipinski definition) is 3. The van der Waals surface area contributed by atoms with Gasteiger partial charge in [0.2, 0.25) is 0 Å². The number of rotatable bonds is 5. The van der Waals surface area contributed by atoms with E-state index >= 15 is 0 Å². The molecule has 0 aliphatic heterocycles. The molecule has 2 unspecified atom stereocenters. The Kier molecular flexibility index (Phi) is 5.48. The van der Waals surface area contributed by atoms with Crippen molar-refractivity contribution in [1.82, 2.24) is 10.6 Å². The second kappa shape index (κ2) is 7.02. The van der Waals surface area contributed by atoms with E-state index in [4.69, 9.17) is 0 Å². The van der Waals surface area contributed by atoms with Gasteiger partial charge < -0.3 is 15.7 Å². The van der Waals surface area contributed by atoms with Crippen molar-refractivity contribution >= 4 is 5.91 Å². The van der Waals surface area contributed by atoms with Crippen LogP contribution in [0.25, 0.3) is 0 Å². The minimum Gasteiger partial charge on any atom is -0.394 e. The predicted molar refractivity (Wildman–Crippen MR) is 93.3 cm³/mol. The topological polar surface area (TPSA) is 61.4 Å². The molecule has 1 saturated carbocycles. The molecule has 1 fully saturated rings. The Morgan fingerprint density at radius 3 is 2.70 bits per heavy atom. The molecule has 0 saturated heterocycles. The van der Waals surface area contributed by atoms with Crippen LogP contribution in [0, 0.1) is 11.3 Å². The average molecular weight is 318 g/mol. The number of aliphatic hydroxyl groups is 1. The first-order valence-electron chi connectivity index (χ1n) is 8.46. The fourth-order valence-corrected chi connectivity index (χ4v) is 4.31. The molecular formula is C19H30N2O2. The van der Waals surface area contributed by atoms with Crippen molar-refractivity contribution in [3.8, 4) is 0 Å². The van der Waals surface area contributed by atoms with Crippen molar-refractivity contribution in [1.29, 1.82) is 0 Å². The Balaban J connectivity index is 2.10. The summed E-state index contributed by atoms with van der Waals surface area (Å²) >= 11 is 0. The van der Waals surface area contributed by atoms with Gasteiger partial charge >= 0.3 is 0 Å². The van der Waals surface area contributed by atoms with E-state index in [1.165, 1.54) is 6.42 Å². The molecule has 3 N–H and O–H groups in total. The van der Waals surface area contributed by atoms with Gasteiger partial charge in [-0.2, -0.15) is 0 Å². The van der Waals surface area contributed by atoms with Gasteiger partial charge in [0.15, 0.2) is 0 Å². The molecule has 0 heterocycles. The molecular weight excluding hydrogens is 288 g/mol. The normalized spacial score (nSPS) is 26.7. The Morgan fingerprint density at radius 1 is 1.35 bits per heavy atom. The minimum atomic E-state index is -0.232. The fourth-order valence-electron chi connectivity index (χ4n) is 4.31. The lowest BCUT2D eigenvalue weighted by atomic mass is 9.64. The predicted octanol–water partition coefficient (Wildman–Crippen LogP) is 2.71. The number of benzene rings is 1. The highest BCUT2D eigenvalue weighted by Crippen LogP contribution is 2.43. The van der Waals surface area contributed by atoms with Gasteiger partial charge in [-0.3, -0.25) is 4.79 Å². The van der Waals surface area contributed by atoms with Gasteiger partial charge in [0.25, 0.3) is 5.91 Å². The average Bonchev–Trinajstić information content (AvgIpc) is 2.50. The van der Waals surface area contributed by atoms with Crippen LogP contribution in [0.1, 0.15) is 56.0 Å². The number of hydrogen-bond donors (Lipinski definition) is 3. The molecule has 23 heavy (non-hydrogen) atoms. The number of carbonyl (C=O) groups excluding carboxylic acids is 1. The first kappa shape index (κ1) is 18.0. The Bertz CT molecular complexity index is 556. The summed E-state index contributed by atoms with van der Waals surface area (Å²) in [6.07, 6.45) is 3.15. The van der Waals surface area contributed by atoms with Crippen LogP contribution in [0.4, 0.5) is 0 Å². The van der Waals surface area contributed by atoms with Gasteiger partial charge in [-0.1, -0.05) is 32.9 Å². The maximum atomic E-state index is 11.7. The van der Waals surface area contributed by atoms with Crippen LogP contribution >= 0.6 is 0 Å². The monoisotopic (exact) mass is 318 g/mol. The molecule has 1 aromatic rings. The molecule has 1 aliphatic carbocycles. The van der Waals surface area contributed by atoms with Gasteiger partial charge in [-0.05, 0) is 48.3 Å². The van der Waals surface area contributed by atoms with Crippen molar-refractivity contribution in [2.75, 3.05) is 13.7 Å². The van der Waals surface area contributed by atoms with E-state index in [2.05, 4.69) is 31.4 Å². The summed E-state index contributed by atoms with van der Waals surface area (Å²) in [5, 5.41) is 16.3. The van der Waals surface area contributed by atoms with Crippen LogP contribution in [0.2, 0.25) is 0 Å². The number of nitrogens with one attached hydrogen (secondary N) is 2. The third-order valence-electron chi connectivity index (χ3n) is 4.84. The van der Waals surface area contributed by atoms with Gasteiger partial charge in [-0.15, -0.1) is 0 Å². The summed E-state index contributed by atoms with van der Waals surface area (Å²) in [6.45, 7) is 7.63. The Labute approximate surface area is 139 Å². The Morgan fingerprint density at radius 2 is 2.09 bits per heavy atom. The molecule has 2 atom stereocenters. The highest BCUT2D eigenvalue weighted by Gasteiger charge is 2.42. The van der Waals surface area contributed by atoms with Gasteiger partial charge in [0, 0.05) is 24.7 Å². The lowest BCUT2D eigenvalue weighted by Gasteiger charge is -2.47. The molecule has 2 rings (SSSR count). The van der Waals surface area contributed by atoms with Crippen LogP contribution in [-0.4, -0.2) is 30.2 Å². The van der Waals surface area contributed by atoms with E-state index in [1.807, 2.05) is 24.3 Å². The quantitative estimate of drug-likeness (QED) is 0.782. The van der Waals surface area contributed by atoms with Crippen LogP contribution < -0.4 is 10.6 Å². The van der Waals surface area contributed by atoms with E-state index in [1.54, 1.807) is 7.05 Å². The largest absolute Gasteiger partial charge is 0.394 e. The summed E-state index contributed by atoms with van der Waals surface area (Å²) in [6, 6.07) is 7.65. The maximum Gasteiger partial charge on any atom is 0.251 e. The molecule has 0 aromatic heterocycles. The van der Waals surface area contributed by atoms with Crippen LogP contribution in [0.15, 0.2) is 24.3 Å². The van der Waals surface area contributed by atoms with Crippen LogP contribution in [0.5, 0.6) is 0 Å².